The number of H-pyrrole nitrogens is 1. The van der Waals surface area contributed by atoms with Gasteiger partial charge in [-0.3, -0.25) is 9.78 Å². The summed E-state index contributed by atoms with van der Waals surface area (Å²) in [5, 5.41) is 12.6. The summed E-state index contributed by atoms with van der Waals surface area (Å²) in [5.74, 6) is 0.315. The molecule has 0 aliphatic carbocycles. The lowest BCUT2D eigenvalue weighted by molar-refractivity contribution is 0.670. The molecular formula is C9H14N6S. The molecule has 0 atom stereocenters. The van der Waals surface area contributed by atoms with Gasteiger partial charge in [-0.25, -0.2) is 4.98 Å². The Hall–Kier alpha value is -1.50. The molecule has 2 rings (SSSR count). The van der Waals surface area contributed by atoms with Crippen molar-refractivity contribution in [2.24, 2.45) is 7.05 Å². The maximum absolute atomic E-state index is 6.06. The van der Waals surface area contributed by atoms with Gasteiger partial charge in [0.2, 0.25) is 0 Å². The van der Waals surface area contributed by atoms with Crippen LogP contribution < -0.4 is 5.73 Å². The number of nitrogens with zero attached hydrogens (tertiary/aromatic N) is 4. The zero-order valence-electron chi connectivity index (χ0n) is 9.43. The van der Waals surface area contributed by atoms with Crippen LogP contribution in [0.15, 0.2) is 16.5 Å². The lowest BCUT2D eigenvalue weighted by Crippen LogP contribution is -1.94. The highest BCUT2D eigenvalue weighted by Crippen LogP contribution is 2.33. The van der Waals surface area contributed by atoms with Gasteiger partial charge in [0, 0.05) is 7.05 Å². The van der Waals surface area contributed by atoms with Crippen LogP contribution in [0.4, 0.5) is 5.69 Å². The van der Waals surface area contributed by atoms with Gasteiger partial charge in [0.25, 0.3) is 0 Å². The maximum Gasteiger partial charge on any atom is 0.189 e. The number of hydrogen-bond acceptors (Lipinski definition) is 5. The molecule has 3 N–H and O–H groups in total. The summed E-state index contributed by atoms with van der Waals surface area (Å²) >= 11 is 1.43. The summed E-state index contributed by atoms with van der Waals surface area (Å²) in [4.78, 5) is 4.05. The third kappa shape index (κ3) is 1.90. The molecule has 0 saturated heterocycles. The van der Waals surface area contributed by atoms with E-state index in [4.69, 9.17) is 5.73 Å². The van der Waals surface area contributed by atoms with Crippen molar-refractivity contribution in [3.8, 4) is 0 Å². The number of nitrogens with one attached hydrogen (secondary N) is 1. The fraction of sp³-hybridized carbons (Fsp3) is 0.444. The third-order valence-electron chi connectivity index (χ3n) is 2.19. The lowest BCUT2D eigenvalue weighted by atomic mass is 10.1. The van der Waals surface area contributed by atoms with E-state index in [-0.39, 0.29) is 0 Å². The highest BCUT2D eigenvalue weighted by molar-refractivity contribution is 7.99. The Morgan fingerprint density at radius 1 is 1.50 bits per heavy atom. The zero-order chi connectivity index (χ0) is 11.7. The van der Waals surface area contributed by atoms with E-state index in [1.165, 1.54) is 18.1 Å². The van der Waals surface area contributed by atoms with E-state index < -0.39 is 0 Å². The maximum atomic E-state index is 6.06. The normalized spacial score (nSPS) is 11.2. The van der Waals surface area contributed by atoms with Gasteiger partial charge in [0.05, 0.1) is 11.4 Å². The van der Waals surface area contributed by atoms with E-state index >= 15 is 0 Å². The van der Waals surface area contributed by atoms with Crippen molar-refractivity contribution >= 4 is 17.4 Å². The van der Waals surface area contributed by atoms with E-state index in [0.29, 0.717) is 11.1 Å². The van der Waals surface area contributed by atoms with E-state index in [1.807, 2.05) is 7.05 Å². The van der Waals surface area contributed by atoms with Gasteiger partial charge in [0.1, 0.15) is 11.4 Å². The van der Waals surface area contributed by atoms with E-state index in [0.717, 1.165) is 16.4 Å². The molecule has 0 aliphatic rings. The number of rotatable bonds is 3. The van der Waals surface area contributed by atoms with E-state index in [2.05, 4.69) is 34.1 Å². The van der Waals surface area contributed by atoms with Crippen LogP contribution >= 0.6 is 11.8 Å². The van der Waals surface area contributed by atoms with Crippen molar-refractivity contribution in [3.05, 3.63) is 12.0 Å². The molecule has 0 unspecified atom stereocenters. The molecule has 2 heterocycles. The number of aryl methyl sites for hydroxylation is 1. The largest absolute Gasteiger partial charge is 0.395 e. The number of anilines is 1. The van der Waals surface area contributed by atoms with Gasteiger partial charge in [-0.2, -0.15) is 10.2 Å². The Balaban J connectivity index is 2.34. The minimum absolute atomic E-state index is 0.315. The molecule has 0 aromatic carbocycles. The monoisotopic (exact) mass is 238 g/mol. The van der Waals surface area contributed by atoms with Crippen molar-refractivity contribution in [2.75, 3.05) is 5.73 Å². The van der Waals surface area contributed by atoms with Gasteiger partial charge >= 0.3 is 0 Å². The number of nitrogens with two attached hydrogens (primary N) is 1. The average molecular weight is 238 g/mol. The van der Waals surface area contributed by atoms with Crippen LogP contribution in [0.5, 0.6) is 0 Å². The molecule has 0 fully saturated rings. The molecule has 2 aromatic heterocycles. The zero-order valence-corrected chi connectivity index (χ0v) is 10.2. The second-order valence-corrected chi connectivity index (χ2v) is 4.75. The summed E-state index contributed by atoms with van der Waals surface area (Å²) < 4.78 is 1.78. The van der Waals surface area contributed by atoms with Gasteiger partial charge in [-0.05, 0) is 17.7 Å². The van der Waals surface area contributed by atoms with Crippen molar-refractivity contribution < 1.29 is 0 Å². The molecule has 0 spiro atoms. The first-order valence-electron chi connectivity index (χ1n) is 4.95. The Bertz CT molecular complexity index is 472. The standard InChI is InChI=1S/C9H14N6S/c1-5(2)7-6(10)8(15(3)14-7)16-9-11-4-12-13-9/h4-5H,10H2,1-3H3,(H,11,12,13). The quantitative estimate of drug-likeness (QED) is 0.844. The minimum Gasteiger partial charge on any atom is -0.395 e. The second-order valence-electron chi connectivity index (χ2n) is 3.78. The van der Waals surface area contributed by atoms with Crippen LogP contribution in [0.3, 0.4) is 0 Å². The molecule has 6 nitrogen and oxygen atoms in total. The molecule has 86 valence electrons. The van der Waals surface area contributed by atoms with Crippen LogP contribution in [0.1, 0.15) is 25.5 Å². The van der Waals surface area contributed by atoms with E-state index in [1.54, 1.807) is 4.68 Å². The first-order chi connectivity index (χ1) is 7.59. The van der Waals surface area contributed by atoms with Crippen molar-refractivity contribution in [1.29, 1.82) is 0 Å². The molecule has 7 heteroatoms. The molecule has 0 bridgehead atoms. The predicted molar refractivity (Wildman–Crippen MR) is 62.2 cm³/mol. The second kappa shape index (κ2) is 4.17. The average Bonchev–Trinajstić information content (AvgIpc) is 2.81. The highest BCUT2D eigenvalue weighted by Gasteiger charge is 2.17. The number of aromatic nitrogens is 5. The van der Waals surface area contributed by atoms with Crippen LogP contribution in [0.25, 0.3) is 0 Å². The highest BCUT2D eigenvalue weighted by atomic mass is 32.2. The fourth-order valence-corrected chi connectivity index (χ4v) is 2.20. The van der Waals surface area contributed by atoms with Gasteiger partial charge in [-0.15, -0.1) is 0 Å². The van der Waals surface area contributed by atoms with Crippen LogP contribution in [-0.4, -0.2) is 25.0 Å². The fourth-order valence-electron chi connectivity index (χ4n) is 1.43. The van der Waals surface area contributed by atoms with Crippen molar-refractivity contribution in [1.82, 2.24) is 25.0 Å². The molecule has 16 heavy (non-hydrogen) atoms. The SMILES string of the molecule is CC(C)c1nn(C)c(Sc2ncn[nH]2)c1N. The smallest absolute Gasteiger partial charge is 0.189 e. The summed E-state index contributed by atoms with van der Waals surface area (Å²) in [7, 11) is 1.88. The predicted octanol–water partition coefficient (Wildman–Crippen LogP) is 1.39. The molecule has 0 saturated carbocycles. The molecular weight excluding hydrogens is 224 g/mol. The van der Waals surface area contributed by atoms with E-state index in [9.17, 15) is 0 Å². The third-order valence-corrected chi connectivity index (χ3v) is 3.26. The Kier molecular flexibility index (Phi) is 2.86. The van der Waals surface area contributed by atoms with Crippen LogP contribution in [0.2, 0.25) is 0 Å². The minimum atomic E-state index is 0.315. The Morgan fingerprint density at radius 2 is 2.25 bits per heavy atom. The summed E-state index contributed by atoms with van der Waals surface area (Å²) in [6, 6.07) is 0. The molecule has 0 radical (unpaired) electrons. The van der Waals surface area contributed by atoms with Crippen LogP contribution in [0, 0.1) is 0 Å². The molecule has 2 aromatic rings. The first kappa shape index (κ1) is 11.0. The Morgan fingerprint density at radius 3 is 2.75 bits per heavy atom. The van der Waals surface area contributed by atoms with Crippen molar-refractivity contribution in [3.63, 3.8) is 0 Å². The van der Waals surface area contributed by atoms with Crippen LogP contribution in [-0.2, 0) is 7.05 Å². The van der Waals surface area contributed by atoms with Gasteiger partial charge < -0.3 is 5.73 Å². The number of aromatic amines is 1. The van der Waals surface area contributed by atoms with Gasteiger partial charge in [-0.1, -0.05) is 13.8 Å². The molecule has 0 aliphatic heterocycles. The first-order valence-corrected chi connectivity index (χ1v) is 5.76. The lowest BCUT2D eigenvalue weighted by Gasteiger charge is -2.01. The number of nitrogen functional groups attached to an aromatic ring is 1. The summed E-state index contributed by atoms with van der Waals surface area (Å²) in [5.41, 5.74) is 7.70. The summed E-state index contributed by atoms with van der Waals surface area (Å²) in [6.07, 6.45) is 1.47. The Labute approximate surface area is 97.6 Å². The molecule has 0 amide bonds. The van der Waals surface area contributed by atoms with Gasteiger partial charge in [0.15, 0.2) is 5.16 Å². The van der Waals surface area contributed by atoms with Crippen molar-refractivity contribution in [2.45, 2.75) is 29.9 Å². The summed E-state index contributed by atoms with van der Waals surface area (Å²) in [6.45, 7) is 4.14. The topological polar surface area (TPSA) is 85.4 Å². The number of hydrogen-bond donors (Lipinski definition) is 2.